The van der Waals surface area contributed by atoms with E-state index in [0.717, 1.165) is 32.1 Å². The van der Waals surface area contributed by atoms with E-state index in [2.05, 4.69) is 43.4 Å². The molecule has 0 heterocycles. The molecule has 0 atom stereocenters. The van der Waals surface area contributed by atoms with Crippen molar-refractivity contribution in [3.05, 3.63) is 36.5 Å². The van der Waals surface area contributed by atoms with Crippen molar-refractivity contribution in [1.82, 2.24) is 0 Å². The van der Waals surface area contributed by atoms with Crippen molar-refractivity contribution in [2.24, 2.45) is 0 Å². The largest absolute Gasteiger partial charge is 0.466 e. The Morgan fingerprint density at radius 2 is 1.36 bits per heavy atom. The van der Waals surface area contributed by atoms with Gasteiger partial charge in [-0.15, -0.1) is 0 Å². The molecule has 126 valence electrons. The summed E-state index contributed by atoms with van der Waals surface area (Å²) >= 11 is 0. The number of carbonyl (C=O) groups is 1. The molecule has 0 aliphatic heterocycles. The third-order valence-corrected chi connectivity index (χ3v) is 3.30. The van der Waals surface area contributed by atoms with E-state index >= 15 is 0 Å². The summed E-state index contributed by atoms with van der Waals surface area (Å²) in [5, 5.41) is 0. The molecule has 0 bridgehead atoms. The van der Waals surface area contributed by atoms with Gasteiger partial charge in [0.2, 0.25) is 0 Å². The van der Waals surface area contributed by atoms with Gasteiger partial charge in [0.25, 0.3) is 0 Å². The molecule has 0 amide bonds. The maximum absolute atomic E-state index is 11.1. The van der Waals surface area contributed by atoms with Crippen LogP contribution < -0.4 is 0 Å². The molecule has 2 heteroatoms. The van der Waals surface area contributed by atoms with Crippen LogP contribution in [0.15, 0.2) is 36.5 Å². The molecular weight excluding hydrogens is 272 g/mol. The normalized spacial score (nSPS) is 11.9. The molecule has 0 N–H and O–H groups in total. The summed E-state index contributed by atoms with van der Waals surface area (Å²) in [6.45, 7) is 4.56. The van der Waals surface area contributed by atoms with Crippen LogP contribution >= 0.6 is 0 Å². The number of hydrogen-bond donors (Lipinski definition) is 0. The quantitative estimate of drug-likeness (QED) is 0.219. The van der Waals surface area contributed by atoms with Gasteiger partial charge in [0.05, 0.1) is 6.61 Å². The van der Waals surface area contributed by atoms with Crippen molar-refractivity contribution >= 4 is 5.97 Å². The van der Waals surface area contributed by atoms with Gasteiger partial charge in [-0.3, -0.25) is 4.79 Å². The SMILES string of the molecule is CCCCC/C=C\C/C=C\CC/C=C\CCCC(=O)OCC. The van der Waals surface area contributed by atoms with Gasteiger partial charge in [-0.05, 0) is 51.9 Å². The van der Waals surface area contributed by atoms with E-state index in [1.165, 1.54) is 25.7 Å². The summed E-state index contributed by atoms with van der Waals surface area (Å²) < 4.78 is 4.88. The highest BCUT2D eigenvalue weighted by Crippen LogP contribution is 2.02. The number of hydrogen-bond acceptors (Lipinski definition) is 2. The number of unbranched alkanes of at least 4 members (excludes halogenated alkanes) is 5. The monoisotopic (exact) mass is 306 g/mol. The second-order valence-electron chi connectivity index (χ2n) is 5.42. The van der Waals surface area contributed by atoms with Gasteiger partial charge in [-0.25, -0.2) is 0 Å². The van der Waals surface area contributed by atoms with E-state index in [4.69, 9.17) is 4.74 Å². The van der Waals surface area contributed by atoms with Crippen LogP contribution in [0.4, 0.5) is 0 Å². The fourth-order valence-corrected chi connectivity index (χ4v) is 2.04. The lowest BCUT2D eigenvalue weighted by Crippen LogP contribution is -2.02. The Kier molecular flexibility index (Phi) is 16.7. The second kappa shape index (κ2) is 17.7. The average molecular weight is 306 g/mol. The van der Waals surface area contributed by atoms with Crippen LogP contribution in [0, 0.1) is 0 Å². The average Bonchev–Trinajstić information content (AvgIpc) is 2.51. The van der Waals surface area contributed by atoms with Gasteiger partial charge in [-0.2, -0.15) is 0 Å². The van der Waals surface area contributed by atoms with Crippen molar-refractivity contribution in [3.8, 4) is 0 Å². The lowest BCUT2D eigenvalue weighted by Gasteiger charge is -1.98. The van der Waals surface area contributed by atoms with Crippen LogP contribution in [0.3, 0.4) is 0 Å². The summed E-state index contributed by atoms with van der Waals surface area (Å²) in [5.41, 5.74) is 0. The van der Waals surface area contributed by atoms with Crippen molar-refractivity contribution in [3.63, 3.8) is 0 Å². The summed E-state index contributed by atoms with van der Waals surface area (Å²) in [4.78, 5) is 11.1. The van der Waals surface area contributed by atoms with Crippen molar-refractivity contribution in [2.75, 3.05) is 6.61 Å². The fourth-order valence-electron chi connectivity index (χ4n) is 2.04. The maximum Gasteiger partial charge on any atom is 0.305 e. The van der Waals surface area contributed by atoms with E-state index in [-0.39, 0.29) is 5.97 Å². The number of esters is 1. The molecule has 0 radical (unpaired) electrons. The predicted octanol–water partition coefficient (Wildman–Crippen LogP) is 6.14. The highest BCUT2D eigenvalue weighted by molar-refractivity contribution is 5.69. The maximum atomic E-state index is 11.1. The van der Waals surface area contributed by atoms with Crippen LogP contribution in [-0.2, 0) is 9.53 Å². The summed E-state index contributed by atoms with van der Waals surface area (Å²) in [5.74, 6) is -0.0819. The standard InChI is InChI=1S/C20H34O2/c1-3-5-6-7-8-9-10-11-12-13-14-15-16-17-18-19-20(21)22-4-2/h8-9,11-12,15-16H,3-7,10,13-14,17-19H2,1-2H3/b9-8-,12-11-,16-15-. The minimum absolute atomic E-state index is 0.0819. The highest BCUT2D eigenvalue weighted by Gasteiger charge is 1.98. The van der Waals surface area contributed by atoms with Crippen molar-refractivity contribution < 1.29 is 9.53 Å². The first kappa shape index (κ1) is 20.7. The fraction of sp³-hybridized carbons (Fsp3) is 0.650. The zero-order chi connectivity index (χ0) is 16.3. The first-order valence-electron chi connectivity index (χ1n) is 8.91. The number of allylic oxidation sites excluding steroid dienone is 6. The Bertz CT molecular complexity index is 327. The first-order chi connectivity index (χ1) is 10.8. The smallest absolute Gasteiger partial charge is 0.305 e. The molecule has 0 aliphatic rings. The van der Waals surface area contributed by atoms with Crippen LogP contribution in [0.25, 0.3) is 0 Å². The van der Waals surface area contributed by atoms with Crippen LogP contribution in [0.5, 0.6) is 0 Å². The summed E-state index contributed by atoms with van der Waals surface area (Å²) in [7, 11) is 0. The molecule has 22 heavy (non-hydrogen) atoms. The second-order valence-corrected chi connectivity index (χ2v) is 5.42. The van der Waals surface area contributed by atoms with E-state index in [0.29, 0.717) is 13.0 Å². The summed E-state index contributed by atoms with van der Waals surface area (Å²) in [6.07, 6.45) is 24.2. The highest BCUT2D eigenvalue weighted by atomic mass is 16.5. The van der Waals surface area contributed by atoms with Gasteiger partial charge < -0.3 is 4.74 Å². The number of carbonyl (C=O) groups excluding carboxylic acids is 1. The van der Waals surface area contributed by atoms with Crippen LogP contribution in [0.1, 0.15) is 78.1 Å². The van der Waals surface area contributed by atoms with E-state index in [9.17, 15) is 4.79 Å². The predicted molar refractivity (Wildman–Crippen MR) is 95.9 cm³/mol. The van der Waals surface area contributed by atoms with Gasteiger partial charge in [0, 0.05) is 6.42 Å². The van der Waals surface area contributed by atoms with Crippen molar-refractivity contribution in [1.29, 1.82) is 0 Å². The molecule has 0 aromatic carbocycles. The third-order valence-electron chi connectivity index (χ3n) is 3.30. The lowest BCUT2D eigenvalue weighted by atomic mass is 10.2. The lowest BCUT2D eigenvalue weighted by molar-refractivity contribution is -0.143. The molecule has 0 saturated heterocycles. The molecule has 0 fully saturated rings. The molecule has 0 aromatic rings. The van der Waals surface area contributed by atoms with E-state index < -0.39 is 0 Å². The Morgan fingerprint density at radius 1 is 0.773 bits per heavy atom. The van der Waals surface area contributed by atoms with E-state index in [1.807, 2.05) is 6.92 Å². The molecule has 0 spiro atoms. The third kappa shape index (κ3) is 16.7. The Labute approximate surface area is 137 Å². The first-order valence-corrected chi connectivity index (χ1v) is 8.91. The number of ether oxygens (including phenoxy) is 1. The van der Waals surface area contributed by atoms with Crippen LogP contribution in [0.2, 0.25) is 0 Å². The molecule has 0 aliphatic carbocycles. The van der Waals surface area contributed by atoms with Gasteiger partial charge in [0.1, 0.15) is 0 Å². The molecular formula is C20H34O2. The molecule has 0 rings (SSSR count). The van der Waals surface area contributed by atoms with Crippen LogP contribution in [-0.4, -0.2) is 12.6 Å². The molecule has 2 nitrogen and oxygen atoms in total. The van der Waals surface area contributed by atoms with Gasteiger partial charge in [-0.1, -0.05) is 56.2 Å². The minimum atomic E-state index is -0.0819. The Hall–Kier alpha value is -1.31. The zero-order valence-corrected chi connectivity index (χ0v) is 14.6. The molecule has 0 unspecified atom stereocenters. The Morgan fingerprint density at radius 3 is 2.05 bits per heavy atom. The van der Waals surface area contributed by atoms with E-state index in [1.54, 1.807) is 0 Å². The van der Waals surface area contributed by atoms with Gasteiger partial charge in [0.15, 0.2) is 0 Å². The molecule has 0 saturated carbocycles. The Balaban J connectivity index is 3.35. The summed E-state index contributed by atoms with van der Waals surface area (Å²) in [6, 6.07) is 0. The van der Waals surface area contributed by atoms with Gasteiger partial charge >= 0.3 is 5.97 Å². The topological polar surface area (TPSA) is 26.3 Å². The number of rotatable bonds is 14. The van der Waals surface area contributed by atoms with Crippen molar-refractivity contribution in [2.45, 2.75) is 78.1 Å². The zero-order valence-electron chi connectivity index (χ0n) is 14.6. The molecule has 0 aromatic heterocycles. The minimum Gasteiger partial charge on any atom is -0.466 e.